The first kappa shape index (κ1) is 39.6. The van der Waals surface area contributed by atoms with Gasteiger partial charge in [-0.1, -0.05) is 167 Å². The normalized spacial score (nSPS) is 14.0. The Morgan fingerprint density at radius 3 is 1.15 bits per heavy atom. The molecule has 0 bridgehead atoms. The molecule has 0 unspecified atom stereocenters. The molecule has 1 aromatic carbocycles. The molecule has 0 amide bonds. The average Bonchev–Trinajstić information content (AvgIpc) is 3.61. The van der Waals surface area contributed by atoms with E-state index in [9.17, 15) is 15.8 Å². The van der Waals surface area contributed by atoms with Gasteiger partial charge in [-0.05, 0) is 71.2 Å². The van der Waals surface area contributed by atoms with Gasteiger partial charge in [-0.2, -0.15) is 15.8 Å². The van der Waals surface area contributed by atoms with E-state index in [1.54, 1.807) is 0 Å². The van der Waals surface area contributed by atoms with Crippen molar-refractivity contribution < 1.29 is 0 Å². The molecular formula is C43H53Br2N3. The number of halogens is 2. The first-order valence-corrected chi connectivity index (χ1v) is 20.2. The zero-order chi connectivity index (χ0) is 34.7. The molecule has 0 atom stereocenters. The number of hydrogen-bond donors (Lipinski definition) is 0. The lowest BCUT2D eigenvalue weighted by molar-refractivity contribution is 0.555. The van der Waals surface area contributed by atoms with E-state index in [0.717, 1.165) is 86.4 Å². The number of benzene rings is 1. The van der Waals surface area contributed by atoms with Gasteiger partial charge >= 0.3 is 0 Å². The Kier molecular flexibility index (Phi) is 18.2. The van der Waals surface area contributed by atoms with Crippen LogP contribution >= 0.6 is 31.9 Å². The summed E-state index contributed by atoms with van der Waals surface area (Å²) in [4.78, 5) is 0. The zero-order valence-corrected chi connectivity index (χ0v) is 32.6. The molecule has 0 N–H and O–H groups in total. The van der Waals surface area contributed by atoms with E-state index in [-0.39, 0.29) is 5.57 Å². The van der Waals surface area contributed by atoms with Gasteiger partial charge in [0.15, 0.2) is 0 Å². The standard InChI is InChI=1S/C43H53Br2N3/c1-4-7-9-11-13-15-17-19-21-23-25-34-37-28-39(45)41(33(30-47)31-48)43(37)35(26-24-22-20-18-16-14-12-10-8-5-2)36-27-38(44)40(42(34)36)32(6-3)29-46/h3,27-28H,4-5,7-26H2,1-2H3/b40-32-. The summed E-state index contributed by atoms with van der Waals surface area (Å²) in [7, 11) is 0. The lowest BCUT2D eigenvalue weighted by Gasteiger charge is -2.22. The lowest BCUT2D eigenvalue weighted by atomic mass is 9.81. The van der Waals surface area contributed by atoms with Crippen LogP contribution in [0, 0.1) is 46.3 Å². The average molecular weight is 772 g/mol. The number of nitriles is 3. The predicted octanol–water partition coefficient (Wildman–Crippen LogP) is 13.8. The van der Waals surface area contributed by atoms with Gasteiger partial charge < -0.3 is 0 Å². The van der Waals surface area contributed by atoms with E-state index in [0.29, 0.717) is 11.1 Å². The van der Waals surface area contributed by atoms with Gasteiger partial charge in [-0.25, -0.2) is 0 Å². The van der Waals surface area contributed by atoms with Gasteiger partial charge in [0.25, 0.3) is 0 Å². The third-order valence-electron chi connectivity index (χ3n) is 9.85. The van der Waals surface area contributed by atoms with Crippen molar-refractivity contribution in [1.29, 1.82) is 15.8 Å². The summed E-state index contributed by atoms with van der Waals surface area (Å²) in [5.74, 6) is 2.66. The van der Waals surface area contributed by atoms with Crippen LogP contribution in [0.1, 0.15) is 176 Å². The molecule has 0 saturated heterocycles. The summed E-state index contributed by atoms with van der Waals surface area (Å²) < 4.78 is 1.61. The number of nitrogens with zero attached hydrogens (tertiary/aromatic N) is 3. The van der Waals surface area contributed by atoms with E-state index >= 15 is 0 Å². The summed E-state index contributed by atoms with van der Waals surface area (Å²) in [6.07, 6.45) is 37.0. The Hall–Kier alpha value is -2.83. The quantitative estimate of drug-likeness (QED) is 0.0669. The third-order valence-corrected chi connectivity index (χ3v) is 11.1. The fourth-order valence-corrected chi connectivity index (χ4v) is 8.56. The fourth-order valence-electron chi connectivity index (χ4n) is 7.31. The van der Waals surface area contributed by atoms with E-state index in [2.05, 4.69) is 82.0 Å². The van der Waals surface area contributed by atoms with Crippen LogP contribution in [0.3, 0.4) is 0 Å². The van der Waals surface area contributed by atoms with Crippen molar-refractivity contribution in [3.63, 3.8) is 0 Å². The van der Waals surface area contributed by atoms with Gasteiger partial charge in [0.2, 0.25) is 0 Å². The highest BCUT2D eigenvalue weighted by Gasteiger charge is 2.35. The van der Waals surface area contributed by atoms with E-state index < -0.39 is 0 Å². The zero-order valence-electron chi connectivity index (χ0n) is 29.4. The minimum absolute atomic E-state index is 0.129. The third kappa shape index (κ3) is 10.6. The first-order valence-electron chi connectivity index (χ1n) is 18.6. The minimum Gasteiger partial charge on any atom is -0.192 e. The maximum absolute atomic E-state index is 10.1. The molecule has 0 spiro atoms. The minimum atomic E-state index is 0.129. The molecule has 3 rings (SSSR count). The molecule has 0 heterocycles. The molecule has 254 valence electrons. The van der Waals surface area contributed by atoms with Gasteiger partial charge in [0.05, 0.1) is 0 Å². The number of rotatable bonds is 22. The van der Waals surface area contributed by atoms with Crippen molar-refractivity contribution >= 4 is 55.2 Å². The Morgan fingerprint density at radius 1 is 0.521 bits per heavy atom. The molecule has 0 saturated carbocycles. The van der Waals surface area contributed by atoms with Crippen molar-refractivity contribution in [2.24, 2.45) is 0 Å². The molecule has 0 aromatic heterocycles. The molecule has 0 radical (unpaired) electrons. The highest BCUT2D eigenvalue weighted by Crippen LogP contribution is 2.52. The summed E-state index contributed by atoms with van der Waals surface area (Å²) >= 11 is 7.54. The van der Waals surface area contributed by atoms with Crippen LogP contribution in [-0.4, -0.2) is 0 Å². The van der Waals surface area contributed by atoms with Crippen LogP contribution in [0.4, 0.5) is 0 Å². The van der Waals surface area contributed by atoms with Crippen LogP contribution in [-0.2, 0) is 12.8 Å². The van der Waals surface area contributed by atoms with Gasteiger partial charge in [-0.3, -0.25) is 0 Å². The number of terminal acetylenes is 1. The molecule has 2 aliphatic carbocycles. The van der Waals surface area contributed by atoms with Crippen LogP contribution in [0.25, 0.3) is 23.3 Å². The Bertz CT molecular complexity index is 1410. The van der Waals surface area contributed by atoms with E-state index in [1.807, 2.05) is 0 Å². The van der Waals surface area contributed by atoms with Crippen molar-refractivity contribution in [3.8, 4) is 30.6 Å². The van der Waals surface area contributed by atoms with Crippen molar-refractivity contribution in [2.45, 2.75) is 155 Å². The highest BCUT2D eigenvalue weighted by atomic mass is 79.9. The van der Waals surface area contributed by atoms with Gasteiger partial charge in [0.1, 0.15) is 29.4 Å². The SMILES string of the molecule is C#C/C(C#N)=C1\C(Br)=Cc2c(CCCCCCCCCCCC)c3c(c(CCCCCCCCCCCC)c21)C=C(Br)C3=C(C#N)C#N. The molecule has 1 aromatic rings. The maximum Gasteiger partial charge on any atom is 0.138 e. The second-order valence-electron chi connectivity index (χ2n) is 13.4. The van der Waals surface area contributed by atoms with Gasteiger partial charge in [-0.15, -0.1) is 6.42 Å². The molecule has 2 aliphatic rings. The number of hydrogen-bond acceptors (Lipinski definition) is 3. The Balaban J connectivity index is 1.93. The van der Waals surface area contributed by atoms with Crippen LogP contribution in [0.2, 0.25) is 0 Å². The highest BCUT2D eigenvalue weighted by molar-refractivity contribution is 9.12. The molecule has 0 aliphatic heterocycles. The predicted molar refractivity (Wildman–Crippen MR) is 211 cm³/mol. The van der Waals surface area contributed by atoms with Crippen molar-refractivity contribution in [3.05, 3.63) is 53.5 Å². The number of allylic oxidation sites excluding steroid dienone is 6. The molecule has 3 nitrogen and oxygen atoms in total. The summed E-state index contributed by atoms with van der Waals surface area (Å²) in [6.45, 7) is 4.52. The van der Waals surface area contributed by atoms with Crippen LogP contribution < -0.4 is 0 Å². The molecule has 48 heavy (non-hydrogen) atoms. The second kappa shape index (κ2) is 22.0. The van der Waals surface area contributed by atoms with Crippen molar-refractivity contribution in [2.75, 3.05) is 0 Å². The Labute approximate surface area is 308 Å². The lowest BCUT2D eigenvalue weighted by Crippen LogP contribution is -2.07. The molecule has 5 heteroatoms. The summed E-state index contributed by atoms with van der Waals surface area (Å²) in [6, 6.07) is 6.63. The smallest absolute Gasteiger partial charge is 0.138 e. The van der Waals surface area contributed by atoms with Crippen molar-refractivity contribution in [1.82, 2.24) is 0 Å². The number of fused-ring (bicyclic) bond motifs is 2. The van der Waals surface area contributed by atoms with Crippen LogP contribution in [0.5, 0.6) is 0 Å². The van der Waals surface area contributed by atoms with Crippen LogP contribution in [0.15, 0.2) is 20.1 Å². The summed E-state index contributed by atoms with van der Waals surface area (Å²) in [5.41, 5.74) is 8.49. The largest absolute Gasteiger partial charge is 0.192 e. The Morgan fingerprint density at radius 2 is 0.833 bits per heavy atom. The fraction of sp³-hybridized carbons (Fsp3) is 0.558. The first-order chi connectivity index (χ1) is 23.5. The van der Waals surface area contributed by atoms with E-state index in [4.69, 9.17) is 6.42 Å². The topological polar surface area (TPSA) is 71.4 Å². The van der Waals surface area contributed by atoms with E-state index in [1.165, 1.54) is 103 Å². The molecular weight excluding hydrogens is 718 g/mol. The monoisotopic (exact) mass is 769 g/mol. The maximum atomic E-state index is 10.1. The summed E-state index contributed by atoms with van der Waals surface area (Å²) in [5, 5.41) is 30.1. The second-order valence-corrected chi connectivity index (χ2v) is 15.1. The molecule has 0 fully saturated rings. The van der Waals surface area contributed by atoms with Gasteiger partial charge in [0, 0.05) is 20.1 Å². The number of unbranched alkanes of at least 4 members (excludes halogenated alkanes) is 18.